The Morgan fingerprint density at radius 2 is 1.26 bits per heavy atom. The summed E-state index contributed by atoms with van der Waals surface area (Å²) in [4.78, 5) is 12.6. The van der Waals surface area contributed by atoms with E-state index >= 15 is 0 Å². The zero-order chi connectivity index (χ0) is 47.9. The third-order valence-corrected chi connectivity index (χ3v) is 11.0. The summed E-state index contributed by atoms with van der Waals surface area (Å²) in [6.07, 6.45) is -23.8. The van der Waals surface area contributed by atoms with E-state index in [9.17, 15) is 81.4 Å². The van der Waals surface area contributed by atoms with Gasteiger partial charge in [-0.05, 0) is 30.7 Å². The van der Waals surface area contributed by atoms with Gasteiger partial charge in [0.1, 0.15) is 77.9 Å². The highest BCUT2D eigenvalue weighted by Gasteiger charge is 2.50. The first kappa shape index (κ1) is 48.1. The second kappa shape index (κ2) is 19.6. The van der Waals surface area contributed by atoms with Crippen molar-refractivity contribution < 1.29 is 119 Å². The summed E-state index contributed by atoms with van der Waals surface area (Å²) in [6, 6.07) is 8.90. The number of hydrogen-bond acceptors (Lipinski definition) is 23. The maximum Gasteiger partial charge on any atom is 0.402 e. The van der Waals surface area contributed by atoms with Crippen LogP contribution in [0.4, 0.5) is 0 Å². The number of rotatable bonds is 12. The van der Waals surface area contributed by atoms with Gasteiger partial charge in [-0.2, -0.15) is 0 Å². The number of phenols is 6. The van der Waals surface area contributed by atoms with Gasteiger partial charge in [-0.25, -0.2) is 9.21 Å². The molecule has 3 saturated heterocycles. The standard InChI is InChI=1S/C42H46O24/c1-14-38(66-28(49)5-3-15-2-4-19(45)20(46)6-15)34(55)37(58)40(60-14)59-13-27-31(52)33(54)36(57)42(65-27)63-25-11-18-23(61-39(25)16-7-21(47)29(50)22(48)8-16)9-17(44)10-24(18)62-41-35(56)32(53)30(51)26(12-43)64-41/h2-11,14,26-27,30-38,40-43,51-58H,12-13H2,1H3,(H5-,44,45,46,47,48,49,50)/p+1/t14-,26+,27+,30+,31+,32-,33-,34-,35+,36+,37+,38-,40+,41+,42+/m0/s1. The lowest BCUT2D eigenvalue weighted by Gasteiger charge is -2.42. The van der Waals surface area contributed by atoms with Crippen LogP contribution in [0, 0.1) is 0 Å². The summed E-state index contributed by atoms with van der Waals surface area (Å²) >= 11 is 0. The van der Waals surface area contributed by atoms with Crippen LogP contribution < -0.4 is 9.47 Å². The van der Waals surface area contributed by atoms with Crippen LogP contribution >= 0.6 is 0 Å². The van der Waals surface area contributed by atoms with E-state index in [4.69, 9.17) is 37.6 Å². The number of benzene rings is 3. The Morgan fingerprint density at radius 1 is 0.652 bits per heavy atom. The van der Waals surface area contributed by atoms with Crippen LogP contribution in [0.5, 0.6) is 46.0 Å². The van der Waals surface area contributed by atoms with E-state index in [-0.39, 0.29) is 28.0 Å². The van der Waals surface area contributed by atoms with Gasteiger partial charge in [-0.1, -0.05) is 6.07 Å². The first-order chi connectivity index (χ1) is 31.3. The normalized spacial score (nSPS) is 32.6. The topological polar surface area (TPSA) is 396 Å². The number of carbonyl (C=O) groups is 1. The van der Waals surface area contributed by atoms with Crippen molar-refractivity contribution >= 4 is 23.0 Å². The maximum atomic E-state index is 12.6. The largest absolute Gasteiger partial charge is 0.507 e. The van der Waals surface area contributed by atoms with Crippen LogP contribution in [0.2, 0.25) is 0 Å². The van der Waals surface area contributed by atoms with Crippen LogP contribution in [0.1, 0.15) is 12.5 Å². The third kappa shape index (κ3) is 9.81. The second-order valence-corrected chi connectivity index (χ2v) is 15.6. The van der Waals surface area contributed by atoms with Crippen LogP contribution in [0.15, 0.2) is 59.0 Å². The van der Waals surface area contributed by atoms with E-state index in [0.717, 1.165) is 36.4 Å². The Kier molecular flexibility index (Phi) is 14.3. The third-order valence-electron chi connectivity index (χ3n) is 11.0. The molecular weight excluding hydrogens is 888 g/mol. The molecule has 0 amide bonds. The van der Waals surface area contributed by atoms with Gasteiger partial charge < -0.3 is 110 Å². The van der Waals surface area contributed by atoms with E-state index in [0.29, 0.717) is 5.56 Å². The van der Waals surface area contributed by atoms with Crippen molar-refractivity contribution in [1.82, 2.24) is 0 Å². The molecule has 0 saturated carbocycles. The van der Waals surface area contributed by atoms with E-state index in [1.165, 1.54) is 31.2 Å². The molecule has 358 valence electrons. The number of phenolic OH excluding ortho intramolecular Hbond substituents is 6. The number of aliphatic hydroxyl groups excluding tert-OH is 9. The lowest BCUT2D eigenvalue weighted by molar-refractivity contribution is -0.319. The molecule has 3 aromatic carbocycles. The zero-order valence-electron chi connectivity index (χ0n) is 34.2. The minimum atomic E-state index is -2.05. The Hall–Kier alpha value is -5.84. The predicted molar refractivity (Wildman–Crippen MR) is 215 cm³/mol. The van der Waals surface area contributed by atoms with Crippen LogP contribution in [0.3, 0.4) is 0 Å². The molecule has 0 aliphatic carbocycles. The molecule has 66 heavy (non-hydrogen) atoms. The summed E-state index contributed by atoms with van der Waals surface area (Å²) in [5.74, 6) is -6.03. The molecule has 3 fully saturated rings. The Bertz CT molecular complexity index is 2390. The minimum absolute atomic E-state index is 0.102. The highest BCUT2D eigenvalue weighted by atomic mass is 16.7. The van der Waals surface area contributed by atoms with Gasteiger partial charge in [-0.3, -0.25) is 0 Å². The summed E-state index contributed by atoms with van der Waals surface area (Å²) in [6.45, 7) is -0.124. The lowest BCUT2D eigenvalue weighted by atomic mass is 9.98. The molecular formula is C42H47O24+. The highest BCUT2D eigenvalue weighted by Crippen LogP contribution is 2.45. The summed E-state index contributed by atoms with van der Waals surface area (Å²) in [5.41, 5.74) is -0.0942. The summed E-state index contributed by atoms with van der Waals surface area (Å²) in [5, 5.41) is 156. The highest BCUT2D eigenvalue weighted by molar-refractivity contribution is 5.89. The summed E-state index contributed by atoms with van der Waals surface area (Å²) in [7, 11) is 0. The number of hydrogen-bond donors (Lipinski definition) is 15. The van der Waals surface area contributed by atoms with Crippen molar-refractivity contribution in [3.8, 4) is 57.3 Å². The van der Waals surface area contributed by atoms with Crippen LogP contribution in [-0.2, 0) is 28.5 Å². The Morgan fingerprint density at radius 3 is 1.89 bits per heavy atom. The first-order valence-corrected chi connectivity index (χ1v) is 20.0. The van der Waals surface area contributed by atoms with Gasteiger partial charge in [0.25, 0.3) is 0 Å². The second-order valence-electron chi connectivity index (χ2n) is 15.6. The van der Waals surface area contributed by atoms with Gasteiger partial charge in [0, 0.05) is 30.3 Å². The van der Waals surface area contributed by atoms with Crippen molar-refractivity contribution in [1.29, 1.82) is 0 Å². The van der Waals surface area contributed by atoms with Gasteiger partial charge in [0.2, 0.25) is 18.3 Å². The molecule has 0 spiro atoms. The van der Waals surface area contributed by atoms with Crippen LogP contribution in [0.25, 0.3) is 28.4 Å². The van der Waals surface area contributed by atoms with Crippen LogP contribution in [-0.4, -0.2) is 188 Å². The quantitative estimate of drug-likeness (QED) is 0.0319. The fourth-order valence-corrected chi connectivity index (χ4v) is 7.34. The SMILES string of the molecule is C[C@@H]1O[C@@H](OC[C@H]2O[C@@H](Oc3cc4c(O[C@@H]5O[C@H](CO)[C@@H](O)[C@H](O)[C@H]5O)cc(O)cc4[o+]c3-c3cc(O)c(O)c(O)c3)[C@H](O)[C@@H](O)[C@@H]2O)[C@H](O)[C@H](O)[C@H]1OC(=O)C=Cc1ccc(O)c(O)c1. The molecule has 0 bridgehead atoms. The van der Waals surface area contributed by atoms with Gasteiger partial charge in [0.05, 0.1) is 30.9 Å². The van der Waals surface area contributed by atoms with E-state index in [1.807, 2.05) is 0 Å². The molecule has 3 aliphatic heterocycles. The van der Waals surface area contributed by atoms with Gasteiger partial charge in [0.15, 0.2) is 41.1 Å². The smallest absolute Gasteiger partial charge is 0.402 e. The van der Waals surface area contributed by atoms with Crippen molar-refractivity contribution in [2.75, 3.05) is 13.2 Å². The Labute approximate surface area is 371 Å². The fourth-order valence-electron chi connectivity index (χ4n) is 7.34. The molecule has 0 radical (unpaired) electrons. The number of esters is 1. The molecule has 15 N–H and O–H groups in total. The van der Waals surface area contributed by atoms with Crippen molar-refractivity contribution in [3.05, 3.63) is 60.2 Å². The fraction of sp³-hybridized carbons (Fsp3) is 0.429. The van der Waals surface area contributed by atoms with E-state index < -0.39 is 152 Å². The van der Waals surface area contributed by atoms with E-state index in [2.05, 4.69) is 0 Å². The average Bonchev–Trinajstić information content (AvgIpc) is 3.28. The molecule has 7 rings (SSSR count). The van der Waals surface area contributed by atoms with Gasteiger partial charge in [-0.15, -0.1) is 0 Å². The molecule has 4 aromatic rings. The number of aromatic hydroxyl groups is 6. The van der Waals surface area contributed by atoms with Crippen molar-refractivity contribution in [2.45, 2.75) is 99.0 Å². The van der Waals surface area contributed by atoms with E-state index in [1.54, 1.807) is 0 Å². The zero-order valence-corrected chi connectivity index (χ0v) is 34.2. The number of carbonyl (C=O) groups excluding carboxylic acids is 1. The van der Waals surface area contributed by atoms with Crippen molar-refractivity contribution in [3.63, 3.8) is 0 Å². The molecule has 0 unspecified atom stereocenters. The molecule has 15 atom stereocenters. The Balaban J connectivity index is 1.11. The van der Waals surface area contributed by atoms with Crippen molar-refractivity contribution in [2.24, 2.45) is 0 Å². The number of ether oxygens (including phenoxy) is 7. The first-order valence-electron chi connectivity index (χ1n) is 20.0. The van der Waals surface area contributed by atoms with Gasteiger partial charge >= 0.3 is 17.3 Å². The molecule has 3 aliphatic rings. The minimum Gasteiger partial charge on any atom is -0.507 e. The predicted octanol–water partition coefficient (Wildman–Crippen LogP) is -1.91. The molecule has 24 heteroatoms. The number of fused-ring (bicyclic) bond motifs is 1. The summed E-state index contributed by atoms with van der Waals surface area (Å²) < 4.78 is 45.7. The lowest BCUT2D eigenvalue weighted by Crippen LogP contribution is -2.62. The maximum absolute atomic E-state index is 12.6. The molecule has 24 nitrogen and oxygen atoms in total. The number of aliphatic hydroxyl groups is 9. The molecule has 4 heterocycles. The molecule has 1 aromatic heterocycles. The monoisotopic (exact) mass is 935 g/mol. The average molecular weight is 936 g/mol.